The molecule has 1 aliphatic rings. The minimum absolute atomic E-state index is 0. The van der Waals surface area contributed by atoms with Gasteiger partial charge in [0.1, 0.15) is 11.5 Å². The van der Waals surface area contributed by atoms with E-state index in [0.29, 0.717) is 0 Å². The summed E-state index contributed by atoms with van der Waals surface area (Å²) in [5.41, 5.74) is 0. The second-order valence-corrected chi connectivity index (χ2v) is 4.51. The third kappa shape index (κ3) is 4.75. The van der Waals surface area contributed by atoms with Crippen LogP contribution in [0.1, 0.15) is 19.3 Å². The zero-order valence-corrected chi connectivity index (χ0v) is 11.7. The van der Waals surface area contributed by atoms with Crippen LogP contribution in [0.15, 0.2) is 24.3 Å². The number of hydrogen-bond donors (Lipinski definition) is 1. The Bertz CT molecular complexity index is 340. The predicted molar refractivity (Wildman–Crippen MR) is 75.9 cm³/mol. The number of benzene rings is 1. The van der Waals surface area contributed by atoms with Gasteiger partial charge in [-0.2, -0.15) is 0 Å². The minimum Gasteiger partial charge on any atom is -0.497 e. The lowest BCUT2D eigenvalue weighted by molar-refractivity contribution is 0.251. The van der Waals surface area contributed by atoms with E-state index in [0.717, 1.165) is 43.5 Å². The van der Waals surface area contributed by atoms with Gasteiger partial charge >= 0.3 is 0 Å². The van der Waals surface area contributed by atoms with Crippen LogP contribution in [0.2, 0.25) is 0 Å². The van der Waals surface area contributed by atoms with Crippen molar-refractivity contribution >= 4 is 12.4 Å². The maximum absolute atomic E-state index is 5.75. The maximum Gasteiger partial charge on any atom is 0.122 e. The normalized spacial score (nSPS) is 15.8. The lowest BCUT2D eigenvalue weighted by Crippen LogP contribution is -2.28. The minimum atomic E-state index is 0. The molecule has 1 aromatic carbocycles. The molecule has 2 rings (SSSR count). The maximum atomic E-state index is 5.75. The van der Waals surface area contributed by atoms with Crippen molar-refractivity contribution in [2.24, 2.45) is 5.92 Å². The summed E-state index contributed by atoms with van der Waals surface area (Å²) in [6, 6.07) is 7.80. The molecule has 0 radical (unpaired) electrons. The van der Waals surface area contributed by atoms with E-state index in [1.165, 1.54) is 12.8 Å². The first-order valence-electron chi connectivity index (χ1n) is 6.36. The highest BCUT2D eigenvalue weighted by molar-refractivity contribution is 5.85. The van der Waals surface area contributed by atoms with Crippen LogP contribution in [0.25, 0.3) is 0 Å². The van der Waals surface area contributed by atoms with Crippen molar-refractivity contribution in [1.82, 2.24) is 5.32 Å². The van der Waals surface area contributed by atoms with Crippen LogP contribution in [0.5, 0.6) is 11.5 Å². The predicted octanol–water partition coefficient (Wildman–Crippen LogP) is 2.89. The Morgan fingerprint density at radius 2 is 1.94 bits per heavy atom. The number of methoxy groups -OCH3 is 1. The first-order chi connectivity index (χ1) is 8.38. The Labute approximate surface area is 115 Å². The van der Waals surface area contributed by atoms with Crippen molar-refractivity contribution in [3.05, 3.63) is 24.3 Å². The second kappa shape index (κ2) is 8.22. The van der Waals surface area contributed by atoms with Crippen molar-refractivity contribution in [2.75, 3.05) is 26.8 Å². The average molecular weight is 272 g/mol. The topological polar surface area (TPSA) is 30.5 Å². The largest absolute Gasteiger partial charge is 0.497 e. The van der Waals surface area contributed by atoms with Crippen LogP contribution in [-0.2, 0) is 0 Å². The summed E-state index contributed by atoms with van der Waals surface area (Å²) in [6.07, 6.45) is 3.71. The Morgan fingerprint density at radius 1 is 1.22 bits per heavy atom. The smallest absolute Gasteiger partial charge is 0.122 e. The summed E-state index contributed by atoms with van der Waals surface area (Å²) >= 11 is 0. The van der Waals surface area contributed by atoms with Gasteiger partial charge in [0.25, 0.3) is 0 Å². The van der Waals surface area contributed by atoms with Gasteiger partial charge in [-0.05, 0) is 50.4 Å². The molecule has 1 heterocycles. The Kier molecular flexibility index (Phi) is 6.91. The molecular weight excluding hydrogens is 250 g/mol. The van der Waals surface area contributed by atoms with Crippen LogP contribution in [0, 0.1) is 5.92 Å². The van der Waals surface area contributed by atoms with Crippen molar-refractivity contribution in [3.63, 3.8) is 0 Å². The summed E-state index contributed by atoms with van der Waals surface area (Å²) in [7, 11) is 1.67. The molecular formula is C14H22ClNO2. The van der Waals surface area contributed by atoms with Crippen molar-refractivity contribution < 1.29 is 9.47 Å². The molecule has 0 unspecified atom stereocenters. The summed E-state index contributed by atoms with van der Waals surface area (Å²) in [4.78, 5) is 0. The van der Waals surface area contributed by atoms with Crippen LogP contribution in [0.4, 0.5) is 0 Å². The number of piperidine rings is 1. The van der Waals surface area contributed by atoms with Crippen molar-refractivity contribution in [2.45, 2.75) is 19.3 Å². The molecule has 0 saturated carbocycles. The average Bonchev–Trinajstić information content (AvgIpc) is 2.40. The quantitative estimate of drug-likeness (QED) is 0.893. The van der Waals surface area contributed by atoms with Crippen LogP contribution in [0.3, 0.4) is 0 Å². The molecule has 1 N–H and O–H groups in total. The van der Waals surface area contributed by atoms with Crippen LogP contribution in [-0.4, -0.2) is 26.8 Å². The molecule has 4 heteroatoms. The molecule has 102 valence electrons. The van der Waals surface area contributed by atoms with Gasteiger partial charge in [0.15, 0.2) is 0 Å². The molecule has 3 nitrogen and oxygen atoms in total. The fourth-order valence-corrected chi connectivity index (χ4v) is 2.20. The van der Waals surface area contributed by atoms with Gasteiger partial charge in [-0.15, -0.1) is 12.4 Å². The molecule has 18 heavy (non-hydrogen) atoms. The zero-order valence-electron chi connectivity index (χ0n) is 10.9. The molecule has 0 aromatic heterocycles. The fraction of sp³-hybridized carbons (Fsp3) is 0.571. The summed E-state index contributed by atoms with van der Waals surface area (Å²) < 4.78 is 10.9. The molecule has 0 bridgehead atoms. The van der Waals surface area contributed by atoms with Gasteiger partial charge in [0, 0.05) is 6.07 Å². The Balaban J connectivity index is 0.00000162. The van der Waals surface area contributed by atoms with Gasteiger partial charge in [-0.25, -0.2) is 0 Å². The highest BCUT2D eigenvalue weighted by Gasteiger charge is 2.12. The molecule has 0 amide bonds. The molecule has 0 atom stereocenters. The first-order valence-corrected chi connectivity index (χ1v) is 6.36. The van der Waals surface area contributed by atoms with E-state index in [9.17, 15) is 0 Å². The van der Waals surface area contributed by atoms with E-state index in [4.69, 9.17) is 9.47 Å². The number of rotatable bonds is 5. The van der Waals surface area contributed by atoms with E-state index >= 15 is 0 Å². The number of ether oxygens (including phenoxy) is 2. The number of nitrogens with one attached hydrogen (secondary N) is 1. The van der Waals surface area contributed by atoms with Gasteiger partial charge in [-0.3, -0.25) is 0 Å². The highest BCUT2D eigenvalue weighted by Crippen LogP contribution is 2.20. The lowest BCUT2D eigenvalue weighted by atomic mass is 9.95. The van der Waals surface area contributed by atoms with E-state index in [-0.39, 0.29) is 12.4 Å². The SMILES string of the molecule is COc1cccc(OCCC2CCNCC2)c1.Cl. The van der Waals surface area contributed by atoms with Crippen LogP contribution < -0.4 is 14.8 Å². The third-order valence-corrected chi connectivity index (χ3v) is 3.29. The Hall–Kier alpha value is -0.930. The Morgan fingerprint density at radius 3 is 2.67 bits per heavy atom. The van der Waals surface area contributed by atoms with E-state index in [1.54, 1.807) is 7.11 Å². The monoisotopic (exact) mass is 271 g/mol. The zero-order chi connectivity index (χ0) is 11.9. The summed E-state index contributed by atoms with van der Waals surface area (Å²) in [5.74, 6) is 2.57. The fourth-order valence-electron chi connectivity index (χ4n) is 2.20. The van der Waals surface area contributed by atoms with E-state index in [1.807, 2.05) is 24.3 Å². The lowest BCUT2D eigenvalue weighted by Gasteiger charge is -2.22. The standard InChI is InChI=1S/C14H21NO2.ClH/c1-16-13-3-2-4-14(11-13)17-10-7-12-5-8-15-9-6-12;/h2-4,11-12,15H,5-10H2,1H3;1H. The number of hydrogen-bond acceptors (Lipinski definition) is 3. The molecule has 0 spiro atoms. The van der Waals surface area contributed by atoms with E-state index < -0.39 is 0 Å². The molecule has 1 aliphatic heterocycles. The molecule has 1 aromatic rings. The van der Waals surface area contributed by atoms with Gasteiger partial charge in [0.2, 0.25) is 0 Å². The van der Waals surface area contributed by atoms with Gasteiger partial charge < -0.3 is 14.8 Å². The summed E-state index contributed by atoms with van der Waals surface area (Å²) in [6.45, 7) is 3.12. The first kappa shape index (κ1) is 15.1. The summed E-state index contributed by atoms with van der Waals surface area (Å²) in [5, 5.41) is 3.38. The van der Waals surface area contributed by atoms with Crippen molar-refractivity contribution in [3.8, 4) is 11.5 Å². The van der Waals surface area contributed by atoms with E-state index in [2.05, 4.69) is 5.32 Å². The van der Waals surface area contributed by atoms with Crippen LogP contribution >= 0.6 is 12.4 Å². The molecule has 0 aliphatic carbocycles. The highest BCUT2D eigenvalue weighted by atomic mass is 35.5. The molecule has 1 saturated heterocycles. The third-order valence-electron chi connectivity index (χ3n) is 3.29. The molecule has 1 fully saturated rings. The number of halogens is 1. The second-order valence-electron chi connectivity index (χ2n) is 4.51. The van der Waals surface area contributed by atoms with Crippen molar-refractivity contribution in [1.29, 1.82) is 0 Å². The van der Waals surface area contributed by atoms with Gasteiger partial charge in [0.05, 0.1) is 13.7 Å². The van der Waals surface area contributed by atoms with Gasteiger partial charge in [-0.1, -0.05) is 6.07 Å².